The largest absolute Gasteiger partial charge is 0.457 e. The number of carbonyl (C=O) groups is 2. The number of rotatable bonds is 4. The molecule has 0 saturated carbocycles. The molecule has 0 atom stereocenters. The van der Waals surface area contributed by atoms with Crippen LogP contribution in [0, 0.1) is 0 Å². The first-order valence-electron chi connectivity index (χ1n) is 6.35. The molecule has 2 aromatic rings. The predicted octanol–water partition coefficient (Wildman–Crippen LogP) is 3.22. The van der Waals surface area contributed by atoms with Crippen LogP contribution in [0.2, 0.25) is 0 Å². The van der Waals surface area contributed by atoms with E-state index in [2.05, 4.69) is 10.1 Å². The summed E-state index contributed by atoms with van der Waals surface area (Å²) in [4.78, 5) is 23.1. The Hall–Kier alpha value is -2.82. The lowest BCUT2D eigenvalue weighted by atomic mass is 10.2. The number of ether oxygens (including phenoxy) is 2. The quantitative estimate of drug-likeness (QED) is 0.876. The van der Waals surface area contributed by atoms with Crippen molar-refractivity contribution in [2.24, 2.45) is 0 Å². The molecule has 0 aliphatic heterocycles. The van der Waals surface area contributed by atoms with Crippen molar-refractivity contribution in [3.8, 4) is 0 Å². The molecule has 2 aromatic carbocycles. The van der Waals surface area contributed by atoms with E-state index < -0.39 is 12.1 Å². The van der Waals surface area contributed by atoms with Gasteiger partial charge in [0.1, 0.15) is 6.61 Å². The minimum Gasteiger partial charge on any atom is -0.457 e. The van der Waals surface area contributed by atoms with Crippen molar-refractivity contribution in [1.82, 2.24) is 0 Å². The molecule has 108 valence electrons. The van der Waals surface area contributed by atoms with Gasteiger partial charge in [0.25, 0.3) is 0 Å². The number of carbonyl (C=O) groups excluding carboxylic acids is 2. The van der Waals surface area contributed by atoms with E-state index in [-0.39, 0.29) is 6.61 Å². The molecule has 1 N–H and O–H groups in total. The average Bonchev–Trinajstić information content (AvgIpc) is 2.53. The first-order chi connectivity index (χ1) is 10.2. The number of methoxy groups -OCH3 is 1. The van der Waals surface area contributed by atoms with Crippen LogP contribution in [0.15, 0.2) is 54.6 Å². The van der Waals surface area contributed by atoms with Crippen LogP contribution in [-0.4, -0.2) is 19.2 Å². The minimum absolute atomic E-state index is 0.203. The van der Waals surface area contributed by atoms with E-state index in [4.69, 9.17) is 4.74 Å². The molecule has 0 fully saturated rings. The van der Waals surface area contributed by atoms with Crippen molar-refractivity contribution >= 4 is 17.7 Å². The van der Waals surface area contributed by atoms with E-state index in [9.17, 15) is 9.59 Å². The van der Waals surface area contributed by atoms with Crippen molar-refractivity contribution < 1.29 is 19.1 Å². The van der Waals surface area contributed by atoms with Crippen molar-refractivity contribution in [3.63, 3.8) is 0 Å². The van der Waals surface area contributed by atoms with Crippen LogP contribution in [0.1, 0.15) is 15.9 Å². The molecule has 0 aliphatic rings. The lowest BCUT2D eigenvalue weighted by molar-refractivity contribution is 0.0472. The van der Waals surface area contributed by atoms with E-state index in [1.54, 1.807) is 18.2 Å². The van der Waals surface area contributed by atoms with E-state index in [1.807, 2.05) is 30.3 Å². The van der Waals surface area contributed by atoms with E-state index in [1.165, 1.54) is 13.2 Å². The fourth-order valence-electron chi connectivity index (χ4n) is 1.70. The zero-order valence-corrected chi connectivity index (χ0v) is 11.5. The molecule has 2 rings (SSSR count). The van der Waals surface area contributed by atoms with Gasteiger partial charge < -0.3 is 9.47 Å². The maximum absolute atomic E-state index is 12.0. The highest BCUT2D eigenvalue weighted by Gasteiger charge is 2.09. The standard InChI is InChI=1S/C16H15NO4/c1-20-16(19)17-14-9-5-8-13(10-14)15(18)21-11-12-6-3-2-4-7-12/h2-10H,11H2,1H3,(H,17,19). The SMILES string of the molecule is COC(=O)Nc1cccc(C(=O)OCc2ccccc2)c1. The molecular weight excluding hydrogens is 270 g/mol. The molecule has 0 bridgehead atoms. The van der Waals surface area contributed by atoms with Crippen molar-refractivity contribution in [1.29, 1.82) is 0 Å². The fourth-order valence-corrected chi connectivity index (χ4v) is 1.70. The van der Waals surface area contributed by atoms with Gasteiger partial charge in [0.2, 0.25) is 0 Å². The van der Waals surface area contributed by atoms with Crippen molar-refractivity contribution in [3.05, 3.63) is 65.7 Å². The second-order valence-corrected chi connectivity index (χ2v) is 4.26. The molecule has 0 aromatic heterocycles. The summed E-state index contributed by atoms with van der Waals surface area (Å²) in [5, 5.41) is 2.49. The predicted molar refractivity (Wildman–Crippen MR) is 78.0 cm³/mol. The zero-order valence-electron chi connectivity index (χ0n) is 11.5. The van der Waals surface area contributed by atoms with Gasteiger partial charge in [-0.05, 0) is 23.8 Å². The minimum atomic E-state index is -0.593. The van der Waals surface area contributed by atoms with Gasteiger partial charge in [0, 0.05) is 5.69 Å². The molecular formula is C16H15NO4. The van der Waals surface area contributed by atoms with Gasteiger partial charge in [-0.1, -0.05) is 36.4 Å². The average molecular weight is 285 g/mol. The lowest BCUT2D eigenvalue weighted by Crippen LogP contribution is -2.12. The summed E-state index contributed by atoms with van der Waals surface area (Å²) >= 11 is 0. The molecule has 5 heteroatoms. The van der Waals surface area contributed by atoms with Crippen molar-refractivity contribution in [2.45, 2.75) is 6.61 Å². The highest BCUT2D eigenvalue weighted by Crippen LogP contribution is 2.13. The molecule has 0 heterocycles. The molecule has 5 nitrogen and oxygen atoms in total. The monoisotopic (exact) mass is 285 g/mol. The van der Waals surface area contributed by atoms with Gasteiger partial charge >= 0.3 is 12.1 Å². The Morgan fingerprint density at radius 1 is 1.05 bits per heavy atom. The molecule has 0 spiro atoms. The highest BCUT2D eigenvalue weighted by molar-refractivity contribution is 5.92. The third-order valence-electron chi connectivity index (χ3n) is 2.74. The Morgan fingerprint density at radius 2 is 1.81 bits per heavy atom. The van der Waals surface area contributed by atoms with Gasteiger partial charge in [-0.15, -0.1) is 0 Å². The maximum Gasteiger partial charge on any atom is 0.411 e. The normalized spacial score (nSPS) is 9.76. The number of hydrogen-bond acceptors (Lipinski definition) is 4. The lowest BCUT2D eigenvalue weighted by Gasteiger charge is -2.07. The summed E-state index contributed by atoms with van der Waals surface area (Å²) < 4.78 is 9.71. The van der Waals surface area contributed by atoms with Gasteiger partial charge in [-0.25, -0.2) is 9.59 Å². The van der Waals surface area contributed by atoms with E-state index in [0.29, 0.717) is 11.3 Å². The first kappa shape index (κ1) is 14.6. The topological polar surface area (TPSA) is 64.6 Å². The fraction of sp³-hybridized carbons (Fsp3) is 0.125. The molecule has 1 amide bonds. The zero-order chi connectivity index (χ0) is 15.1. The molecule has 0 radical (unpaired) electrons. The van der Waals surface area contributed by atoms with Crippen LogP contribution in [0.3, 0.4) is 0 Å². The van der Waals surface area contributed by atoms with Gasteiger partial charge in [0.15, 0.2) is 0 Å². The molecule has 0 unspecified atom stereocenters. The second-order valence-electron chi connectivity index (χ2n) is 4.26. The summed E-state index contributed by atoms with van der Waals surface area (Å²) in [5.74, 6) is -0.452. The van der Waals surface area contributed by atoms with Crippen LogP contribution in [0.4, 0.5) is 10.5 Å². The van der Waals surface area contributed by atoms with Crippen LogP contribution in [0.5, 0.6) is 0 Å². The number of anilines is 1. The third kappa shape index (κ3) is 4.35. The summed E-state index contributed by atoms with van der Waals surface area (Å²) in [6.07, 6.45) is -0.593. The van der Waals surface area contributed by atoms with Crippen molar-refractivity contribution in [2.75, 3.05) is 12.4 Å². The third-order valence-corrected chi connectivity index (χ3v) is 2.74. The Morgan fingerprint density at radius 3 is 2.52 bits per heavy atom. The Bertz CT molecular complexity index is 625. The second kappa shape index (κ2) is 7.09. The molecule has 0 aliphatic carbocycles. The summed E-state index contributed by atoms with van der Waals surface area (Å²) in [6, 6.07) is 15.9. The van der Waals surface area contributed by atoms with Gasteiger partial charge in [0.05, 0.1) is 12.7 Å². The number of esters is 1. The summed E-state index contributed by atoms with van der Waals surface area (Å²) in [7, 11) is 1.27. The summed E-state index contributed by atoms with van der Waals surface area (Å²) in [6.45, 7) is 0.203. The van der Waals surface area contributed by atoms with E-state index >= 15 is 0 Å². The highest BCUT2D eigenvalue weighted by atomic mass is 16.5. The smallest absolute Gasteiger partial charge is 0.411 e. The van der Waals surface area contributed by atoms with Crippen LogP contribution in [-0.2, 0) is 16.1 Å². The molecule has 0 saturated heterocycles. The Kier molecular flexibility index (Phi) is 4.93. The summed E-state index contributed by atoms with van der Waals surface area (Å²) in [5.41, 5.74) is 1.74. The van der Waals surface area contributed by atoms with Crippen LogP contribution < -0.4 is 5.32 Å². The number of benzene rings is 2. The Labute approximate surface area is 122 Å². The number of nitrogens with one attached hydrogen (secondary N) is 1. The van der Waals surface area contributed by atoms with Gasteiger partial charge in [-0.2, -0.15) is 0 Å². The Balaban J connectivity index is 1.99. The van der Waals surface area contributed by atoms with Gasteiger partial charge in [-0.3, -0.25) is 5.32 Å². The maximum atomic E-state index is 12.0. The number of hydrogen-bond donors (Lipinski definition) is 1. The van der Waals surface area contributed by atoms with Crippen LogP contribution >= 0.6 is 0 Å². The first-order valence-corrected chi connectivity index (χ1v) is 6.35. The van der Waals surface area contributed by atoms with Crippen LogP contribution in [0.25, 0.3) is 0 Å². The number of amides is 1. The molecule has 21 heavy (non-hydrogen) atoms. The van der Waals surface area contributed by atoms with E-state index in [0.717, 1.165) is 5.56 Å².